The first-order valence-electron chi connectivity index (χ1n) is 6.21. The van der Waals surface area contributed by atoms with Gasteiger partial charge in [-0.05, 0) is 26.3 Å². The Morgan fingerprint density at radius 1 is 1.36 bits per heavy atom. The predicted molar refractivity (Wildman–Crippen MR) is 60.5 cm³/mol. The molecule has 1 saturated carbocycles. The van der Waals surface area contributed by atoms with Gasteiger partial charge in [-0.25, -0.2) is 0 Å². The van der Waals surface area contributed by atoms with Gasteiger partial charge in [0.25, 0.3) is 0 Å². The molecule has 0 radical (unpaired) electrons. The molecule has 2 nitrogen and oxygen atoms in total. The van der Waals surface area contributed by atoms with Gasteiger partial charge in [-0.15, -0.1) is 0 Å². The molecular formula is C12H24N2. The van der Waals surface area contributed by atoms with Crippen LogP contribution < -0.4 is 5.32 Å². The van der Waals surface area contributed by atoms with Crippen LogP contribution in [-0.2, 0) is 0 Å². The van der Waals surface area contributed by atoms with Crippen molar-refractivity contribution in [3.05, 3.63) is 0 Å². The fourth-order valence-corrected chi connectivity index (χ4v) is 3.19. The van der Waals surface area contributed by atoms with E-state index in [4.69, 9.17) is 0 Å². The average Bonchev–Trinajstić information content (AvgIpc) is 2.62. The van der Waals surface area contributed by atoms with Crippen molar-refractivity contribution in [3.8, 4) is 0 Å². The molecule has 1 unspecified atom stereocenters. The monoisotopic (exact) mass is 196 g/mol. The lowest BCUT2D eigenvalue weighted by molar-refractivity contribution is 0.0668. The standard InChI is InChI=1S/C12H24N2/c1-3-6-11-9-14(2)12(10-13-11)7-4-5-8-12/h11,13H,3-10H2,1-2H3. The van der Waals surface area contributed by atoms with Crippen molar-refractivity contribution in [2.75, 3.05) is 20.1 Å². The minimum absolute atomic E-state index is 0.532. The van der Waals surface area contributed by atoms with E-state index < -0.39 is 0 Å². The summed E-state index contributed by atoms with van der Waals surface area (Å²) in [5, 5.41) is 3.74. The van der Waals surface area contributed by atoms with E-state index in [-0.39, 0.29) is 0 Å². The van der Waals surface area contributed by atoms with Crippen LogP contribution in [0.1, 0.15) is 45.4 Å². The Bertz CT molecular complexity index is 185. The molecule has 0 bridgehead atoms. The van der Waals surface area contributed by atoms with Gasteiger partial charge in [-0.2, -0.15) is 0 Å². The molecule has 2 rings (SSSR count). The van der Waals surface area contributed by atoms with Gasteiger partial charge in [0, 0.05) is 24.7 Å². The number of piperazine rings is 1. The molecule has 0 amide bonds. The van der Waals surface area contributed by atoms with Crippen molar-refractivity contribution in [1.82, 2.24) is 10.2 Å². The molecule has 1 N–H and O–H groups in total. The highest BCUT2D eigenvalue weighted by Crippen LogP contribution is 2.35. The van der Waals surface area contributed by atoms with E-state index in [2.05, 4.69) is 24.2 Å². The highest BCUT2D eigenvalue weighted by Gasteiger charge is 2.41. The van der Waals surface area contributed by atoms with E-state index in [9.17, 15) is 0 Å². The molecular weight excluding hydrogens is 172 g/mol. The van der Waals surface area contributed by atoms with Crippen LogP contribution in [-0.4, -0.2) is 36.6 Å². The van der Waals surface area contributed by atoms with Crippen molar-refractivity contribution in [1.29, 1.82) is 0 Å². The molecule has 2 fully saturated rings. The van der Waals surface area contributed by atoms with Crippen LogP contribution >= 0.6 is 0 Å². The zero-order chi connectivity index (χ0) is 10.0. The first-order chi connectivity index (χ1) is 6.77. The summed E-state index contributed by atoms with van der Waals surface area (Å²) in [6.45, 7) is 4.77. The van der Waals surface area contributed by atoms with E-state index in [1.165, 1.54) is 51.6 Å². The number of nitrogens with zero attached hydrogens (tertiary/aromatic N) is 1. The summed E-state index contributed by atoms with van der Waals surface area (Å²) in [7, 11) is 2.33. The molecule has 1 heterocycles. The Labute approximate surface area is 88.1 Å². The van der Waals surface area contributed by atoms with E-state index in [1.807, 2.05) is 0 Å². The Morgan fingerprint density at radius 3 is 2.64 bits per heavy atom. The maximum atomic E-state index is 3.74. The van der Waals surface area contributed by atoms with Crippen molar-refractivity contribution in [3.63, 3.8) is 0 Å². The molecule has 1 saturated heterocycles. The summed E-state index contributed by atoms with van der Waals surface area (Å²) in [6, 6.07) is 0.747. The van der Waals surface area contributed by atoms with Crippen LogP contribution in [0.15, 0.2) is 0 Å². The predicted octanol–water partition coefficient (Wildman–Crippen LogP) is 2.00. The smallest absolute Gasteiger partial charge is 0.0331 e. The van der Waals surface area contributed by atoms with Crippen molar-refractivity contribution < 1.29 is 0 Å². The van der Waals surface area contributed by atoms with Crippen LogP contribution in [0.25, 0.3) is 0 Å². The van der Waals surface area contributed by atoms with Gasteiger partial charge in [-0.3, -0.25) is 4.90 Å². The first-order valence-corrected chi connectivity index (χ1v) is 6.21. The number of rotatable bonds is 2. The Morgan fingerprint density at radius 2 is 2.07 bits per heavy atom. The lowest BCUT2D eigenvalue weighted by atomic mass is 9.91. The third-order valence-corrected chi connectivity index (χ3v) is 4.20. The van der Waals surface area contributed by atoms with E-state index in [1.54, 1.807) is 0 Å². The van der Waals surface area contributed by atoms with Crippen molar-refractivity contribution >= 4 is 0 Å². The van der Waals surface area contributed by atoms with Gasteiger partial charge in [0.1, 0.15) is 0 Å². The summed E-state index contributed by atoms with van der Waals surface area (Å²) in [5.41, 5.74) is 0.532. The lowest BCUT2D eigenvalue weighted by Gasteiger charge is -2.46. The second kappa shape index (κ2) is 4.19. The number of likely N-dealkylation sites (N-methyl/N-ethyl adjacent to an activating group) is 1. The lowest BCUT2D eigenvalue weighted by Crippen LogP contribution is -2.62. The van der Waals surface area contributed by atoms with E-state index in [0.29, 0.717) is 5.54 Å². The third kappa shape index (κ3) is 1.82. The van der Waals surface area contributed by atoms with E-state index in [0.717, 1.165) is 6.04 Å². The van der Waals surface area contributed by atoms with Gasteiger partial charge in [-0.1, -0.05) is 26.2 Å². The molecule has 1 aliphatic heterocycles. The van der Waals surface area contributed by atoms with Gasteiger partial charge in [0.15, 0.2) is 0 Å². The van der Waals surface area contributed by atoms with Crippen molar-refractivity contribution in [2.45, 2.75) is 57.0 Å². The van der Waals surface area contributed by atoms with Gasteiger partial charge in [0.2, 0.25) is 0 Å². The molecule has 2 heteroatoms. The SMILES string of the molecule is CCCC1CN(C)C2(CCCC2)CN1. The second-order valence-electron chi connectivity index (χ2n) is 5.18. The topological polar surface area (TPSA) is 15.3 Å². The zero-order valence-corrected chi connectivity index (χ0v) is 9.68. The van der Waals surface area contributed by atoms with E-state index >= 15 is 0 Å². The minimum atomic E-state index is 0.532. The Kier molecular flexibility index (Phi) is 3.13. The second-order valence-corrected chi connectivity index (χ2v) is 5.18. The normalized spacial score (nSPS) is 32.6. The van der Waals surface area contributed by atoms with Crippen LogP contribution in [0.4, 0.5) is 0 Å². The number of hydrogen-bond acceptors (Lipinski definition) is 2. The molecule has 0 aromatic carbocycles. The molecule has 82 valence electrons. The zero-order valence-electron chi connectivity index (χ0n) is 9.68. The molecule has 2 aliphatic rings. The quantitative estimate of drug-likeness (QED) is 0.727. The summed E-state index contributed by atoms with van der Waals surface area (Å²) in [6.07, 6.45) is 8.33. The van der Waals surface area contributed by atoms with Crippen LogP contribution in [0.2, 0.25) is 0 Å². The summed E-state index contributed by atoms with van der Waals surface area (Å²) >= 11 is 0. The van der Waals surface area contributed by atoms with Gasteiger partial charge >= 0.3 is 0 Å². The molecule has 0 aromatic heterocycles. The van der Waals surface area contributed by atoms with Gasteiger partial charge in [0.05, 0.1) is 0 Å². The molecule has 0 aromatic rings. The molecule has 1 aliphatic carbocycles. The van der Waals surface area contributed by atoms with Crippen molar-refractivity contribution in [2.24, 2.45) is 0 Å². The van der Waals surface area contributed by atoms with Crippen LogP contribution in [0, 0.1) is 0 Å². The highest BCUT2D eigenvalue weighted by atomic mass is 15.3. The Balaban J connectivity index is 1.93. The fourth-order valence-electron chi connectivity index (χ4n) is 3.19. The molecule has 14 heavy (non-hydrogen) atoms. The molecule has 1 atom stereocenters. The average molecular weight is 196 g/mol. The number of nitrogens with one attached hydrogen (secondary N) is 1. The Hall–Kier alpha value is -0.0800. The fraction of sp³-hybridized carbons (Fsp3) is 1.00. The number of hydrogen-bond donors (Lipinski definition) is 1. The largest absolute Gasteiger partial charge is 0.311 e. The maximum absolute atomic E-state index is 3.74. The first kappa shape index (κ1) is 10.4. The summed E-state index contributed by atoms with van der Waals surface area (Å²) < 4.78 is 0. The van der Waals surface area contributed by atoms with Crippen LogP contribution in [0.3, 0.4) is 0 Å². The highest BCUT2D eigenvalue weighted by molar-refractivity contribution is 5.00. The summed E-state index contributed by atoms with van der Waals surface area (Å²) in [5.74, 6) is 0. The third-order valence-electron chi connectivity index (χ3n) is 4.20. The molecule has 1 spiro atoms. The van der Waals surface area contributed by atoms with Gasteiger partial charge < -0.3 is 5.32 Å². The maximum Gasteiger partial charge on any atom is 0.0331 e. The van der Waals surface area contributed by atoms with Crippen LogP contribution in [0.5, 0.6) is 0 Å². The summed E-state index contributed by atoms with van der Waals surface area (Å²) in [4.78, 5) is 2.64. The minimum Gasteiger partial charge on any atom is -0.311 e.